The van der Waals surface area contributed by atoms with Gasteiger partial charge in [-0.2, -0.15) is 0 Å². The number of amides is 2. The summed E-state index contributed by atoms with van der Waals surface area (Å²) in [6, 6.07) is 4.19. The van der Waals surface area contributed by atoms with Crippen molar-refractivity contribution in [2.24, 2.45) is 0 Å². The molecule has 1 aromatic carbocycles. The molecule has 2 amide bonds. The number of hydrogen-bond donors (Lipinski definition) is 2. The van der Waals surface area contributed by atoms with Gasteiger partial charge >= 0.3 is 6.03 Å². The summed E-state index contributed by atoms with van der Waals surface area (Å²) in [4.78, 5) is 21.7. The predicted molar refractivity (Wildman–Crippen MR) is 69.8 cm³/mol. The van der Waals surface area contributed by atoms with Gasteiger partial charge in [0, 0.05) is 23.9 Å². The first-order chi connectivity index (χ1) is 8.54. The van der Waals surface area contributed by atoms with E-state index in [0.717, 1.165) is 12.8 Å². The zero-order chi connectivity index (χ0) is 13.5. The average Bonchev–Trinajstić information content (AvgIpc) is 2.28. The lowest BCUT2D eigenvalue weighted by atomic mass is 10.2. The molecule has 1 aromatic rings. The summed E-state index contributed by atoms with van der Waals surface area (Å²) in [6.07, 6.45) is 1.93. The van der Waals surface area contributed by atoms with E-state index in [1.165, 1.54) is 12.1 Å². The number of carbonyl (C=O) groups excluding carboxylic acids is 1. The molecule has 0 bridgehead atoms. The minimum atomic E-state index is -0.444. The van der Waals surface area contributed by atoms with Crippen molar-refractivity contribution in [3.63, 3.8) is 0 Å². The van der Waals surface area contributed by atoms with Gasteiger partial charge in [-0.3, -0.25) is 10.1 Å². The summed E-state index contributed by atoms with van der Waals surface area (Å²) in [7, 11) is 0. The summed E-state index contributed by atoms with van der Waals surface area (Å²) in [5, 5.41) is 16.0. The lowest BCUT2D eigenvalue weighted by Crippen LogP contribution is -2.29. The van der Waals surface area contributed by atoms with Gasteiger partial charge in [0.1, 0.15) is 0 Å². The van der Waals surface area contributed by atoms with Crippen LogP contribution in [0.3, 0.4) is 0 Å². The van der Waals surface area contributed by atoms with Gasteiger partial charge in [0.2, 0.25) is 0 Å². The van der Waals surface area contributed by atoms with Crippen LogP contribution in [-0.4, -0.2) is 17.5 Å². The first kappa shape index (κ1) is 14.0. The zero-order valence-corrected chi connectivity index (χ0v) is 10.5. The smallest absolute Gasteiger partial charge is 0.319 e. The SMILES string of the molecule is CCCCNC(=O)Nc1ccc([N+](=O)[O-])c(C)c1. The Hall–Kier alpha value is -2.11. The minimum Gasteiger partial charge on any atom is -0.338 e. The van der Waals surface area contributed by atoms with Gasteiger partial charge in [-0.15, -0.1) is 0 Å². The Morgan fingerprint density at radius 3 is 2.72 bits per heavy atom. The molecule has 0 radical (unpaired) electrons. The van der Waals surface area contributed by atoms with Crippen LogP contribution in [0.2, 0.25) is 0 Å². The molecule has 0 aliphatic heterocycles. The van der Waals surface area contributed by atoms with Crippen molar-refractivity contribution in [2.45, 2.75) is 26.7 Å². The quantitative estimate of drug-likeness (QED) is 0.479. The Balaban J connectivity index is 2.60. The molecule has 98 valence electrons. The molecule has 0 aliphatic rings. The van der Waals surface area contributed by atoms with E-state index in [9.17, 15) is 14.9 Å². The van der Waals surface area contributed by atoms with Crippen molar-refractivity contribution in [1.82, 2.24) is 5.32 Å². The number of hydrogen-bond acceptors (Lipinski definition) is 3. The molecule has 0 atom stereocenters. The summed E-state index contributed by atoms with van der Waals surface area (Å²) in [6.45, 7) is 4.30. The maximum atomic E-state index is 11.5. The average molecular weight is 251 g/mol. The number of urea groups is 1. The van der Waals surface area contributed by atoms with Gasteiger partial charge in [-0.25, -0.2) is 4.79 Å². The molecular weight excluding hydrogens is 234 g/mol. The van der Waals surface area contributed by atoms with Crippen LogP contribution in [0.4, 0.5) is 16.2 Å². The molecule has 6 heteroatoms. The van der Waals surface area contributed by atoms with Crippen molar-refractivity contribution >= 4 is 17.4 Å². The van der Waals surface area contributed by atoms with E-state index in [0.29, 0.717) is 17.8 Å². The largest absolute Gasteiger partial charge is 0.338 e. The highest BCUT2D eigenvalue weighted by Gasteiger charge is 2.10. The Kier molecular flexibility index (Phi) is 5.10. The Morgan fingerprint density at radius 2 is 2.17 bits per heavy atom. The highest BCUT2D eigenvalue weighted by molar-refractivity contribution is 5.89. The second kappa shape index (κ2) is 6.58. The number of carbonyl (C=O) groups is 1. The van der Waals surface area contributed by atoms with Crippen LogP contribution in [0.25, 0.3) is 0 Å². The maximum Gasteiger partial charge on any atom is 0.319 e. The third kappa shape index (κ3) is 4.04. The van der Waals surface area contributed by atoms with Crippen molar-refractivity contribution in [2.75, 3.05) is 11.9 Å². The summed E-state index contributed by atoms with van der Waals surface area (Å²) < 4.78 is 0. The number of rotatable bonds is 5. The highest BCUT2D eigenvalue weighted by Crippen LogP contribution is 2.21. The molecule has 18 heavy (non-hydrogen) atoms. The van der Waals surface area contributed by atoms with Crippen molar-refractivity contribution < 1.29 is 9.72 Å². The standard InChI is InChI=1S/C12H17N3O3/c1-3-4-7-13-12(16)14-10-5-6-11(15(17)18)9(2)8-10/h5-6,8H,3-4,7H2,1-2H3,(H2,13,14,16). The van der Waals surface area contributed by atoms with Crippen LogP contribution in [-0.2, 0) is 0 Å². The molecule has 6 nitrogen and oxygen atoms in total. The van der Waals surface area contributed by atoms with E-state index in [2.05, 4.69) is 10.6 Å². The van der Waals surface area contributed by atoms with Crippen LogP contribution in [0.5, 0.6) is 0 Å². The predicted octanol–water partition coefficient (Wildman–Crippen LogP) is 2.82. The number of nitro groups is 1. The maximum absolute atomic E-state index is 11.5. The molecule has 0 aromatic heterocycles. The third-order valence-electron chi connectivity index (χ3n) is 2.47. The summed E-state index contributed by atoms with van der Waals surface area (Å²) in [5.74, 6) is 0. The van der Waals surface area contributed by atoms with Crippen molar-refractivity contribution in [1.29, 1.82) is 0 Å². The fourth-order valence-electron chi connectivity index (χ4n) is 1.49. The number of benzene rings is 1. The molecule has 0 spiro atoms. The van der Waals surface area contributed by atoms with Crippen molar-refractivity contribution in [3.05, 3.63) is 33.9 Å². The second-order valence-corrected chi connectivity index (χ2v) is 3.99. The van der Waals surface area contributed by atoms with E-state index >= 15 is 0 Å². The summed E-state index contributed by atoms with van der Waals surface area (Å²) in [5.41, 5.74) is 1.12. The van der Waals surface area contributed by atoms with Gasteiger partial charge in [-0.1, -0.05) is 13.3 Å². The lowest BCUT2D eigenvalue weighted by Gasteiger charge is -2.07. The zero-order valence-electron chi connectivity index (χ0n) is 10.5. The molecule has 0 fully saturated rings. The Labute approximate surface area is 106 Å². The minimum absolute atomic E-state index is 0.0481. The first-order valence-corrected chi connectivity index (χ1v) is 5.84. The fourth-order valence-corrected chi connectivity index (χ4v) is 1.49. The van der Waals surface area contributed by atoms with Crippen molar-refractivity contribution in [3.8, 4) is 0 Å². The van der Waals surface area contributed by atoms with E-state index < -0.39 is 4.92 Å². The van der Waals surface area contributed by atoms with Crippen LogP contribution in [0, 0.1) is 17.0 Å². The molecule has 0 saturated heterocycles. The number of nitrogens with zero attached hydrogens (tertiary/aromatic N) is 1. The van der Waals surface area contributed by atoms with Crippen LogP contribution < -0.4 is 10.6 Å². The monoisotopic (exact) mass is 251 g/mol. The molecule has 0 heterocycles. The van der Waals surface area contributed by atoms with Gasteiger partial charge < -0.3 is 10.6 Å². The molecule has 1 rings (SSSR count). The van der Waals surface area contributed by atoms with Gasteiger partial charge in [0.15, 0.2) is 0 Å². The second-order valence-electron chi connectivity index (χ2n) is 3.99. The third-order valence-corrected chi connectivity index (χ3v) is 2.47. The van der Waals surface area contributed by atoms with E-state index in [1.807, 2.05) is 6.92 Å². The number of anilines is 1. The lowest BCUT2D eigenvalue weighted by molar-refractivity contribution is -0.385. The van der Waals surface area contributed by atoms with Crippen LogP contribution >= 0.6 is 0 Å². The highest BCUT2D eigenvalue weighted by atomic mass is 16.6. The normalized spacial score (nSPS) is 9.89. The number of nitrogens with one attached hydrogen (secondary N) is 2. The topological polar surface area (TPSA) is 84.3 Å². The summed E-state index contributed by atoms with van der Waals surface area (Å²) >= 11 is 0. The van der Waals surface area contributed by atoms with Gasteiger partial charge in [-0.05, 0) is 25.5 Å². The van der Waals surface area contributed by atoms with Gasteiger partial charge in [0.25, 0.3) is 5.69 Å². The molecule has 0 unspecified atom stereocenters. The van der Waals surface area contributed by atoms with E-state index in [4.69, 9.17) is 0 Å². The number of aryl methyl sites for hydroxylation is 1. The van der Waals surface area contributed by atoms with Crippen LogP contribution in [0.15, 0.2) is 18.2 Å². The number of unbranched alkanes of at least 4 members (excludes halogenated alkanes) is 1. The van der Waals surface area contributed by atoms with E-state index in [1.54, 1.807) is 13.0 Å². The van der Waals surface area contributed by atoms with Crippen LogP contribution in [0.1, 0.15) is 25.3 Å². The molecule has 0 saturated carbocycles. The van der Waals surface area contributed by atoms with Gasteiger partial charge in [0.05, 0.1) is 4.92 Å². The molecule has 0 aliphatic carbocycles. The van der Waals surface area contributed by atoms with E-state index in [-0.39, 0.29) is 11.7 Å². The Bertz CT molecular complexity index is 446. The molecule has 2 N–H and O–H groups in total. The number of nitro benzene ring substituents is 1. The molecular formula is C12H17N3O3. The first-order valence-electron chi connectivity index (χ1n) is 5.84. The Morgan fingerprint density at radius 1 is 1.44 bits per heavy atom. The fraction of sp³-hybridized carbons (Fsp3) is 0.417.